The van der Waals surface area contributed by atoms with E-state index in [1.807, 2.05) is 13.8 Å². The van der Waals surface area contributed by atoms with Gasteiger partial charge < -0.3 is 21.5 Å². The van der Waals surface area contributed by atoms with E-state index in [1.165, 1.54) is 0 Å². The van der Waals surface area contributed by atoms with Crippen LogP contribution in [0.5, 0.6) is 0 Å². The van der Waals surface area contributed by atoms with Crippen molar-refractivity contribution in [2.75, 3.05) is 0 Å². The molecule has 3 atom stereocenters. The van der Waals surface area contributed by atoms with E-state index in [2.05, 4.69) is 10.6 Å². The van der Waals surface area contributed by atoms with Gasteiger partial charge in [-0.3, -0.25) is 4.79 Å². The number of nitrogens with one attached hydrogen (secondary N) is 2. The summed E-state index contributed by atoms with van der Waals surface area (Å²) in [5.41, 5.74) is 5.03. The fraction of sp³-hybridized carbons (Fsp3) is 0.750. The van der Waals surface area contributed by atoms with Gasteiger partial charge in [-0.25, -0.2) is 9.59 Å². The molecule has 0 aromatic rings. The van der Waals surface area contributed by atoms with Gasteiger partial charge in [-0.05, 0) is 12.3 Å². The number of hydrogen-bond acceptors (Lipinski definition) is 3. The van der Waals surface area contributed by atoms with E-state index in [0.29, 0.717) is 19.3 Å². The zero-order valence-electron chi connectivity index (χ0n) is 11.6. The number of hydrogen-bond donors (Lipinski definition) is 4. The number of amides is 3. The average Bonchev–Trinajstić information content (AvgIpc) is 2.33. The zero-order chi connectivity index (χ0) is 15.0. The molecule has 0 fully saturated rings. The van der Waals surface area contributed by atoms with Gasteiger partial charge >= 0.3 is 12.0 Å². The molecule has 0 heterocycles. The molecule has 0 saturated carbocycles. The number of rotatable bonds is 8. The molecule has 3 amide bonds. The molecule has 0 aromatic heterocycles. The summed E-state index contributed by atoms with van der Waals surface area (Å²) in [5, 5.41) is 13.8. The molecule has 0 bridgehead atoms. The third-order valence-electron chi connectivity index (χ3n) is 2.99. The van der Waals surface area contributed by atoms with Gasteiger partial charge in [0.15, 0.2) is 0 Å². The standard InChI is InChI=1S/C12H23N3O4/c1-4-6-8(11(17)18)14-10(16)9(7(3)5-2)15-12(13)19/h7-9H,4-6H2,1-3H3,(H,14,16)(H,17,18)(H3,13,15,19)/t7?,8-,9?/m1/s1. The molecule has 2 unspecified atom stereocenters. The third-order valence-corrected chi connectivity index (χ3v) is 2.99. The summed E-state index contributed by atoms with van der Waals surface area (Å²) < 4.78 is 0. The predicted octanol–water partition coefficient (Wildman–Crippen LogP) is 0.439. The van der Waals surface area contributed by atoms with Crippen molar-refractivity contribution in [3.05, 3.63) is 0 Å². The number of carbonyl (C=O) groups excluding carboxylic acids is 2. The average molecular weight is 273 g/mol. The quantitative estimate of drug-likeness (QED) is 0.512. The normalized spacial score (nSPS) is 15.1. The Labute approximate surface area is 112 Å². The third kappa shape index (κ3) is 6.08. The highest BCUT2D eigenvalue weighted by Gasteiger charge is 2.28. The summed E-state index contributed by atoms with van der Waals surface area (Å²) in [7, 11) is 0. The minimum atomic E-state index is -1.09. The van der Waals surface area contributed by atoms with E-state index < -0.39 is 30.0 Å². The molecule has 19 heavy (non-hydrogen) atoms. The van der Waals surface area contributed by atoms with Crippen molar-refractivity contribution >= 4 is 17.9 Å². The van der Waals surface area contributed by atoms with Crippen molar-refractivity contribution in [3.63, 3.8) is 0 Å². The van der Waals surface area contributed by atoms with Crippen LogP contribution < -0.4 is 16.4 Å². The van der Waals surface area contributed by atoms with E-state index in [4.69, 9.17) is 10.8 Å². The second-order valence-electron chi connectivity index (χ2n) is 4.56. The fourth-order valence-corrected chi connectivity index (χ4v) is 1.66. The maximum absolute atomic E-state index is 12.0. The molecule has 0 aliphatic heterocycles. The largest absolute Gasteiger partial charge is 0.480 e. The molecule has 0 aliphatic rings. The van der Waals surface area contributed by atoms with Crippen LogP contribution in [-0.2, 0) is 9.59 Å². The number of urea groups is 1. The summed E-state index contributed by atoms with van der Waals surface area (Å²) in [6.45, 7) is 5.49. The second kappa shape index (κ2) is 8.34. The van der Waals surface area contributed by atoms with E-state index in [9.17, 15) is 14.4 Å². The number of primary amides is 1. The highest BCUT2D eigenvalue weighted by Crippen LogP contribution is 2.09. The lowest BCUT2D eigenvalue weighted by Gasteiger charge is -2.24. The summed E-state index contributed by atoms with van der Waals surface area (Å²) >= 11 is 0. The van der Waals surface area contributed by atoms with E-state index in [1.54, 1.807) is 6.92 Å². The lowest BCUT2D eigenvalue weighted by Crippen LogP contribution is -2.55. The van der Waals surface area contributed by atoms with E-state index in [0.717, 1.165) is 0 Å². The van der Waals surface area contributed by atoms with Crippen LogP contribution in [0.2, 0.25) is 0 Å². The summed E-state index contributed by atoms with van der Waals surface area (Å²) in [6, 6.07) is -2.57. The molecule has 7 nitrogen and oxygen atoms in total. The SMILES string of the molecule is CCC[C@@H](NC(=O)C(NC(N)=O)C(C)CC)C(=O)O. The number of carboxylic acid groups (broad SMARTS) is 1. The summed E-state index contributed by atoms with van der Waals surface area (Å²) in [6.07, 6.45) is 1.63. The van der Waals surface area contributed by atoms with Crippen molar-refractivity contribution in [2.45, 2.75) is 52.1 Å². The fourth-order valence-electron chi connectivity index (χ4n) is 1.66. The van der Waals surface area contributed by atoms with Crippen LogP contribution in [0.3, 0.4) is 0 Å². The number of nitrogens with two attached hydrogens (primary N) is 1. The molecule has 0 radical (unpaired) electrons. The minimum Gasteiger partial charge on any atom is -0.480 e. The highest BCUT2D eigenvalue weighted by molar-refractivity contribution is 5.89. The summed E-state index contributed by atoms with van der Waals surface area (Å²) in [4.78, 5) is 33.9. The van der Waals surface area contributed by atoms with Crippen LogP contribution in [0.25, 0.3) is 0 Å². The van der Waals surface area contributed by atoms with Gasteiger partial charge in [0, 0.05) is 0 Å². The topological polar surface area (TPSA) is 122 Å². The molecule has 0 aliphatic carbocycles. The minimum absolute atomic E-state index is 0.136. The Morgan fingerprint density at radius 2 is 1.79 bits per heavy atom. The first-order chi connectivity index (χ1) is 8.83. The lowest BCUT2D eigenvalue weighted by atomic mass is 9.98. The van der Waals surface area contributed by atoms with Gasteiger partial charge in [0.2, 0.25) is 5.91 Å². The zero-order valence-corrected chi connectivity index (χ0v) is 11.6. The van der Waals surface area contributed by atoms with Gasteiger partial charge in [-0.15, -0.1) is 0 Å². The Morgan fingerprint density at radius 3 is 2.16 bits per heavy atom. The predicted molar refractivity (Wildman–Crippen MR) is 70.4 cm³/mol. The van der Waals surface area contributed by atoms with Crippen LogP contribution in [0.15, 0.2) is 0 Å². The molecule has 0 spiro atoms. The van der Waals surface area contributed by atoms with Crippen molar-refractivity contribution in [1.29, 1.82) is 0 Å². The first kappa shape index (κ1) is 17.2. The van der Waals surface area contributed by atoms with Gasteiger partial charge in [0.05, 0.1) is 0 Å². The van der Waals surface area contributed by atoms with E-state index in [-0.39, 0.29) is 5.92 Å². The van der Waals surface area contributed by atoms with Crippen molar-refractivity contribution < 1.29 is 19.5 Å². The maximum atomic E-state index is 12.0. The number of carbonyl (C=O) groups is 3. The Kier molecular flexibility index (Phi) is 7.55. The molecule has 0 saturated heterocycles. The van der Waals surface area contributed by atoms with Crippen LogP contribution in [0.1, 0.15) is 40.0 Å². The van der Waals surface area contributed by atoms with Gasteiger partial charge in [0.1, 0.15) is 12.1 Å². The molecule has 0 rings (SSSR count). The molecular formula is C12H23N3O4. The molecule has 5 N–H and O–H groups in total. The van der Waals surface area contributed by atoms with E-state index >= 15 is 0 Å². The maximum Gasteiger partial charge on any atom is 0.326 e. The number of aliphatic carboxylic acids is 1. The van der Waals surface area contributed by atoms with Crippen molar-refractivity contribution in [2.24, 2.45) is 11.7 Å². The Hall–Kier alpha value is -1.79. The van der Waals surface area contributed by atoms with Crippen LogP contribution in [0.4, 0.5) is 4.79 Å². The monoisotopic (exact) mass is 273 g/mol. The Bertz CT molecular complexity index is 333. The van der Waals surface area contributed by atoms with Crippen LogP contribution >= 0.6 is 0 Å². The van der Waals surface area contributed by atoms with Crippen molar-refractivity contribution in [1.82, 2.24) is 10.6 Å². The molecule has 110 valence electrons. The first-order valence-corrected chi connectivity index (χ1v) is 6.42. The Morgan fingerprint density at radius 1 is 1.21 bits per heavy atom. The van der Waals surface area contributed by atoms with Crippen molar-refractivity contribution in [3.8, 4) is 0 Å². The molecule has 0 aromatic carbocycles. The lowest BCUT2D eigenvalue weighted by molar-refractivity contribution is -0.142. The van der Waals surface area contributed by atoms with Crippen LogP contribution in [-0.4, -0.2) is 35.1 Å². The Balaban J connectivity index is 4.78. The van der Waals surface area contributed by atoms with Crippen LogP contribution in [0, 0.1) is 5.92 Å². The summed E-state index contributed by atoms with van der Waals surface area (Å²) in [5.74, 6) is -1.74. The highest BCUT2D eigenvalue weighted by atomic mass is 16.4. The number of carboxylic acids is 1. The molecular weight excluding hydrogens is 250 g/mol. The smallest absolute Gasteiger partial charge is 0.326 e. The van der Waals surface area contributed by atoms with Gasteiger partial charge in [-0.2, -0.15) is 0 Å². The first-order valence-electron chi connectivity index (χ1n) is 6.42. The van der Waals surface area contributed by atoms with Gasteiger partial charge in [-0.1, -0.05) is 33.6 Å². The van der Waals surface area contributed by atoms with Gasteiger partial charge in [0.25, 0.3) is 0 Å². The second-order valence-corrected chi connectivity index (χ2v) is 4.56. The molecule has 7 heteroatoms.